The molecule has 0 saturated heterocycles. The molecule has 0 radical (unpaired) electrons. The van der Waals surface area contributed by atoms with E-state index in [9.17, 15) is 13.5 Å². The first kappa shape index (κ1) is 15.2. The van der Waals surface area contributed by atoms with Crippen molar-refractivity contribution in [3.8, 4) is 0 Å². The third kappa shape index (κ3) is 3.29. The number of hydrogen-bond acceptors (Lipinski definition) is 4. The predicted molar refractivity (Wildman–Crippen MR) is 77.5 cm³/mol. The van der Waals surface area contributed by atoms with Crippen molar-refractivity contribution in [2.75, 3.05) is 0 Å². The zero-order valence-corrected chi connectivity index (χ0v) is 13.2. The van der Waals surface area contributed by atoms with Crippen LogP contribution in [0, 0.1) is 6.92 Å². The first-order valence-electron chi connectivity index (χ1n) is 5.84. The molecule has 1 aromatic heterocycles. The molecule has 0 aliphatic rings. The van der Waals surface area contributed by atoms with E-state index in [0.717, 1.165) is 5.56 Å². The maximum absolute atomic E-state index is 12.3. The average molecular weight is 360 g/mol. The van der Waals surface area contributed by atoms with Crippen LogP contribution in [0.2, 0.25) is 0 Å². The molecular weight excluding hydrogens is 346 g/mol. The van der Waals surface area contributed by atoms with Crippen molar-refractivity contribution in [1.82, 2.24) is 4.72 Å². The van der Waals surface area contributed by atoms with Gasteiger partial charge in [-0.05, 0) is 36.2 Å². The van der Waals surface area contributed by atoms with Gasteiger partial charge in [-0.1, -0.05) is 15.9 Å². The Balaban J connectivity index is 2.31. The van der Waals surface area contributed by atoms with E-state index in [1.54, 1.807) is 19.1 Å². The quantitative estimate of drug-likeness (QED) is 0.858. The lowest BCUT2D eigenvalue weighted by atomic mass is 10.2. The normalized spacial score (nSPS) is 11.8. The fraction of sp³-hybridized carbons (Fsp3) is 0.231. The van der Waals surface area contributed by atoms with Crippen LogP contribution in [-0.2, 0) is 23.2 Å². The SMILES string of the molecule is Cc1c(Br)cc(CO)cc1S(=O)(=O)NCc1ccoc1. The van der Waals surface area contributed by atoms with Gasteiger partial charge in [0.1, 0.15) is 0 Å². The Bertz CT molecular complexity index is 695. The fourth-order valence-electron chi connectivity index (χ4n) is 1.73. The summed E-state index contributed by atoms with van der Waals surface area (Å²) in [7, 11) is -3.65. The van der Waals surface area contributed by atoms with Crippen LogP contribution in [0.3, 0.4) is 0 Å². The van der Waals surface area contributed by atoms with Gasteiger partial charge in [-0.25, -0.2) is 13.1 Å². The summed E-state index contributed by atoms with van der Waals surface area (Å²) >= 11 is 3.30. The van der Waals surface area contributed by atoms with Gasteiger partial charge in [0, 0.05) is 16.6 Å². The minimum Gasteiger partial charge on any atom is -0.472 e. The summed E-state index contributed by atoms with van der Waals surface area (Å²) in [6.45, 7) is 1.64. The van der Waals surface area contributed by atoms with Gasteiger partial charge in [-0.15, -0.1) is 0 Å². The molecule has 0 spiro atoms. The van der Waals surface area contributed by atoms with E-state index in [2.05, 4.69) is 20.7 Å². The highest BCUT2D eigenvalue weighted by atomic mass is 79.9. The standard InChI is InChI=1S/C13H14BrNO4S/c1-9-12(14)4-11(7-16)5-13(9)20(17,18)15-6-10-2-3-19-8-10/h2-5,8,15-16H,6-7H2,1H3. The van der Waals surface area contributed by atoms with Crippen LogP contribution < -0.4 is 4.72 Å². The highest BCUT2D eigenvalue weighted by Crippen LogP contribution is 2.26. The van der Waals surface area contributed by atoms with E-state index in [1.165, 1.54) is 18.6 Å². The molecule has 1 aromatic carbocycles. The van der Waals surface area contributed by atoms with Gasteiger partial charge in [-0.3, -0.25) is 0 Å². The molecule has 7 heteroatoms. The number of nitrogens with one attached hydrogen (secondary N) is 1. The minimum atomic E-state index is -3.65. The largest absolute Gasteiger partial charge is 0.472 e. The first-order valence-corrected chi connectivity index (χ1v) is 8.12. The van der Waals surface area contributed by atoms with Crippen molar-refractivity contribution >= 4 is 26.0 Å². The Morgan fingerprint density at radius 1 is 1.35 bits per heavy atom. The molecule has 0 aliphatic carbocycles. The van der Waals surface area contributed by atoms with Crippen molar-refractivity contribution in [3.63, 3.8) is 0 Å². The smallest absolute Gasteiger partial charge is 0.241 e. The predicted octanol–water partition coefficient (Wildman–Crippen LogP) is 2.32. The Morgan fingerprint density at radius 2 is 2.10 bits per heavy atom. The number of sulfonamides is 1. The van der Waals surface area contributed by atoms with Crippen molar-refractivity contribution in [2.45, 2.75) is 25.0 Å². The monoisotopic (exact) mass is 359 g/mol. The first-order chi connectivity index (χ1) is 9.44. The lowest BCUT2D eigenvalue weighted by Crippen LogP contribution is -2.24. The van der Waals surface area contributed by atoms with Gasteiger partial charge in [-0.2, -0.15) is 0 Å². The molecule has 0 fully saturated rings. The highest BCUT2D eigenvalue weighted by Gasteiger charge is 2.19. The molecule has 5 nitrogen and oxygen atoms in total. The van der Waals surface area contributed by atoms with Crippen molar-refractivity contribution in [2.24, 2.45) is 0 Å². The van der Waals surface area contributed by atoms with Crippen LogP contribution >= 0.6 is 15.9 Å². The van der Waals surface area contributed by atoms with Gasteiger partial charge >= 0.3 is 0 Å². The van der Waals surface area contributed by atoms with E-state index in [0.29, 0.717) is 15.6 Å². The minimum absolute atomic E-state index is 0.152. The number of furan rings is 1. The lowest BCUT2D eigenvalue weighted by Gasteiger charge is -2.11. The molecule has 0 bridgehead atoms. The molecule has 2 N–H and O–H groups in total. The molecule has 2 rings (SSSR count). The molecule has 108 valence electrons. The molecule has 0 atom stereocenters. The zero-order chi connectivity index (χ0) is 14.8. The zero-order valence-electron chi connectivity index (χ0n) is 10.8. The Morgan fingerprint density at radius 3 is 2.70 bits per heavy atom. The Kier molecular flexibility index (Phi) is 4.64. The Labute approximate surface area is 125 Å². The summed E-state index contributed by atoms with van der Waals surface area (Å²) in [5.74, 6) is 0. The third-order valence-electron chi connectivity index (χ3n) is 2.87. The second-order valence-electron chi connectivity index (χ2n) is 4.32. The second-order valence-corrected chi connectivity index (χ2v) is 6.90. The van der Waals surface area contributed by atoms with Crippen molar-refractivity contribution < 1.29 is 17.9 Å². The van der Waals surface area contributed by atoms with Gasteiger partial charge in [0.05, 0.1) is 24.0 Å². The van der Waals surface area contributed by atoms with E-state index >= 15 is 0 Å². The summed E-state index contributed by atoms with van der Waals surface area (Å²) in [5, 5.41) is 9.17. The fourth-order valence-corrected chi connectivity index (χ4v) is 3.70. The number of hydrogen-bond donors (Lipinski definition) is 2. The van der Waals surface area contributed by atoms with Crippen molar-refractivity contribution in [1.29, 1.82) is 0 Å². The van der Waals surface area contributed by atoms with E-state index in [-0.39, 0.29) is 18.0 Å². The van der Waals surface area contributed by atoms with Gasteiger partial charge in [0.15, 0.2) is 0 Å². The summed E-state index contributed by atoms with van der Waals surface area (Å²) in [5.41, 5.74) is 1.87. The van der Waals surface area contributed by atoms with Crippen LogP contribution in [-0.4, -0.2) is 13.5 Å². The molecule has 0 saturated carbocycles. The molecule has 0 amide bonds. The number of halogens is 1. The molecular formula is C13H14BrNO4S. The number of rotatable bonds is 5. The van der Waals surface area contributed by atoms with Crippen LogP contribution in [0.25, 0.3) is 0 Å². The van der Waals surface area contributed by atoms with Crippen molar-refractivity contribution in [3.05, 3.63) is 51.9 Å². The maximum atomic E-state index is 12.3. The van der Waals surface area contributed by atoms with Crippen LogP contribution in [0.1, 0.15) is 16.7 Å². The van der Waals surface area contributed by atoms with E-state index in [1.807, 2.05) is 0 Å². The molecule has 0 aliphatic heterocycles. The van der Waals surface area contributed by atoms with E-state index in [4.69, 9.17) is 4.42 Å². The van der Waals surface area contributed by atoms with Crippen LogP contribution in [0.5, 0.6) is 0 Å². The average Bonchev–Trinajstić information content (AvgIpc) is 2.92. The number of aliphatic hydroxyl groups is 1. The van der Waals surface area contributed by atoms with Crippen LogP contribution in [0.15, 0.2) is 44.5 Å². The topological polar surface area (TPSA) is 79.5 Å². The summed E-state index contributed by atoms with van der Waals surface area (Å²) < 4.78 is 32.7. The van der Waals surface area contributed by atoms with E-state index < -0.39 is 10.0 Å². The summed E-state index contributed by atoms with van der Waals surface area (Å²) in [6, 6.07) is 4.86. The van der Waals surface area contributed by atoms with Gasteiger partial charge < -0.3 is 9.52 Å². The molecule has 1 heterocycles. The number of benzene rings is 1. The summed E-state index contributed by atoms with van der Waals surface area (Å²) in [4.78, 5) is 0.152. The number of aliphatic hydroxyl groups excluding tert-OH is 1. The molecule has 20 heavy (non-hydrogen) atoms. The Hall–Kier alpha value is -1.15. The molecule has 2 aromatic rings. The van der Waals surface area contributed by atoms with Gasteiger partial charge in [0.25, 0.3) is 0 Å². The maximum Gasteiger partial charge on any atom is 0.241 e. The van der Waals surface area contributed by atoms with Crippen LogP contribution in [0.4, 0.5) is 0 Å². The lowest BCUT2D eigenvalue weighted by molar-refractivity contribution is 0.281. The third-order valence-corrected chi connectivity index (χ3v) is 5.23. The summed E-state index contributed by atoms with van der Waals surface area (Å²) in [6.07, 6.45) is 2.97. The molecule has 0 unspecified atom stereocenters. The highest BCUT2D eigenvalue weighted by molar-refractivity contribution is 9.10. The second kappa shape index (κ2) is 6.09. The van der Waals surface area contributed by atoms with Gasteiger partial charge in [0.2, 0.25) is 10.0 Å².